The maximum absolute atomic E-state index is 13.2. The van der Waals surface area contributed by atoms with Crippen molar-refractivity contribution >= 4 is 28.9 Å². The Kier molecular flexibility index (Phi) is 7.54. The Hall–Kier alpha value is -3.72. The molecule has 36 heavy (non-hydrogen) atoms. The van der Waals surface area contributed by atoms with Gasteiger partial charge in [0.05, 0.1) is 30.4 Å². The van der Waals surface area contributed by atoms with Crippen LogP contribution in [-0.4, -0.2) is 25.5 Å². The third-order valence-corrected chi connectivity index (χ3v) is 5.76. The molecule has 6 N–H and O–H groups in total. The zero-order chi connectivity index (χ0) is 26.8. The number of methoxy groups -OCH3 is 1. The molecule has 0 spiro atoms. The van der Waals surface area contributed by atoms with Crippen LogP contribution in [0.15, 0.2) is 42.2 Å². The quantitative estimate of drug-likeness (QED) is 0.385. The molecular weight excluding hydrogens is 456 g/mol. The van der Waals surface area contributed by atoms with E-state index in [0.29, 0.717) is 34.9 Å². The van der Waals surface area contributed by atoms with Crippen molar-refractivity contribution in [3.63, 3.8) is 0 Å². The Bertz CT molecular complexity index is 1190. The van der Waals surface area contributed by atoms with Crippen LogP contribution < -0.4 is 37.1 Å². The first-order valence-corrected chi connectivity index (χ1v) is 11.9. The number of aryl methyl sites for hydroxylation is 1. The van der Waals surface area contributed by atoms with Gasteiger partial charge in [-0.25, -0.2) is 0 Å². The standard InChI is InChI=1S/C27H38N6O3/c1-16-9-10-17(11-22(16)33-14-21(31-32-33)25(35)29-15-26(2,3)4)24(34)30-20-13-18(27(5,6)7)12-19(28)23(20)36-8/h9-14,31-32H,15,28H2,1-8H3,(H,29,35)(H,30,34). The maximum atomic E-state index is 13.2. The van der Waals surface area contributed by atoms with Crippen LogP contribution in [0.3, 0.4) is 0 Å². The lowest BCUT2D eigenvalue weighted by Gasteiger charge is -2.23. The second kappa shape index (κ2) is 10.1. The minimum atomic E-state index is -0.306. The highest BCUT2D eigenvalue weighted by atomic mass is 16.5. The SMILES string of the molecule is COc1c(N)cc(C(C)(C)C)cc1NC(=O)c1ccc(C)c(N2C=C(C(=O)NCC(C)(C)C)NN2)c1. The van der Waals surface area contributed by atoms with Crippen molar-refractivity contribution < 1.29 is 14.3 Å². The number of nitrogens with zero attached hydrogens (tertiary/aromatic N) is 1. The van der Waals surface area contributed by atoms with E-state index in [4.69, 9.17) is 10.5 Å². The number of rotatable bonds is 6. The van der Waals surface area contributed by atoms with Crippen LogP contribution in [0.4, 0.5) is 17.1 Å². The molecule has 1 aliphatic heterocycles. The second-order valence-corrected chi connectivity index (χ2v) is 11.2. The molecule has 0 radical (unpaired) electrons. The smallest absolute Gasteiger partial charge is 0.270 e. The lowest BCUT2D eigenvalue weighted by molar-refractivity contribution is -0.118. The van der Waals surface area contributed by atoms with Crippen molar-refractivity contribution in [2.24, 2.45) is 5.41 Å². The molecule has 0 aliphatic carbocycles. The predicted octanol–water partition coefficient (Wildman–Crippen LogP) is 3.97. The zero-order valence-electron chi connectivity index (χ0n) is 22.4. The van der Waals surface area contributed by atoms with E-state index in [1.807, 2.05) is 25.1 Å². The van der Waals surface area contributed by atoms with Gasteiger partial charge in [0.15, 0.2) is 5.75 Å². The number of benzene rings is 2. The molecule has 0 saturated carbocycles. The van der Waals surface area contributed by atoms with E-state index in [0.717, 1.165) is 16.8 Å². The minimum absolute atomic E-state index is 0.0278. The monoisotopic (exact) mass is 494 g/mol. The van der Waals surface area contributed by atoms with E-state index in [1.165, 1.54) is 7.11 Å². The van der Waals surface area contributed by atoms with Gasteiger partial charge in [0.25, 0.3) is 11.8 Å². The van der Waals surface area contributed by atoms with E-state index in [2.05, 4.69) is 63.1 Å². The van der Waals surface area contributed by atoms with Crippen molar-refractivity contribution in [3.05, 3.63) is 58.9 Å². The number of nitrogens with one attached hydrogen (secondary N) is 4. The van der Waals surface area contributed by atoms with Crippen molar-refractivity contribution in [3.8, 4) is 5.75 Å². The Morgan fingerprint density at radius 1 is 1.06 bits per heavy atom. The van der Waals surface area contributed by atoms with Crippen LogP contribution in [0, 0.1) is 12.3 Å². The molecular formula is C27H38N6O3. The highest BCUT2D eigenvalue weighted by molar-refractivity contribution is 6.06. The molecule has 194 valence electrons. The topological polar surface area (TPSA) is 121 Å². The first-order valence-electron chi connectivity index (χ1n) is 11.9. The van der Waals surface area contributed by atoms with Gasteiger partial charge in [-0.05, 0) is 53.1 Å². The highest BCUT2D eigenvalue weighted by Gasteiger charge is 2.23. The van der Waals surface area contributed by atoms with Crippen molar-refractivity contribution in [2.75, 3.05) is 29.7 Å². The maximum Gasteiger partial charge on any atom is 0.270 e. The second-order valence-electron chi connectivity index (χ2n) is 11.2. The van der Waals surface area contributed by atoms with Crippen molar-refractivity contribution in [1.82, 2.24) is 16.3 Å². The van der Waals surface area contributed by atoms with Gasteiger partial charge >= 0.3 is 0 Å². The summed E-state index contributed by atoms with van der Waals surface area (Å²) in [5.41, 5.74) is 16.3. The normalized spacial score (nSPS) is 13.7. The number of nitrogens with two attached hydrogens (primary N) is 1. The molecule has 0 saturated heterocycles. The molecule has 9 nitrogen and oxygen atoms in total. The molecule has 1 heterocycles. The molecule has 2 amide bonds. The average Bonchev–Trinajstić information content (AvgIpc) is 3.26. The molecule has 3 rings (SSSR count). The average molecular weight is 495 g/mol. The number of amides is 2. The first kappa shape index (κ1) is 26.9. The summed E-state index contributed by atoms with van der Waals surface area (Å²) >= 11 is 0. The molecule has 0 fully saturated rings. The van der Waals surface area contributed by atoms with E-state index in [9.17, 15) is 9.59 Å². The van der Waals surface area contributed by atoms with Crippen LogP contribution >= 0.6 is 0 Å². The summed E-state index contributed by atoms with van der Waals surface area (Å²) in [5, 5.41) is 7.54. The van der Waals surface area contributed by atoms with Gasteiger partial charge in [-0.15, -0.1) is 5.53 Å². The number of hydrazine groups is 2. The number of hydrogen-bond acceptors (Lipinski definition) is 7. The van der Waals surface area contributed by atoms with E-state index < -0.39 is 0 Å². The van der Waals surface area contributed by atoms with Crippen LogP contribution in [-0.2, 0) is 10.2 Å². The number of anilines is 3. The van der Waals surface area contributed by atoms with Gasteiger partial charge in [-0.1, -0.05) is 47.6 Å². The summed E-state index contributed by atoms with van der Waals surface area (Å²) in [6.45, 7) is 14.9. The van der Waals surface area contributed by atoms with E-state index in [-0.39, 0.29) is 22.6 Å². The number of nitrogen functional groups attached to an aromatic ring is 1. The minimum Gasteiger partial charge on any atom is -0.492 e. The molecule has 0 unspecified atom stereocenters. The number of carbonyl (C=O) groups is 2. The van der Waals surface area contributed by atoms with Crippen molar-refractivity contribution in [2.45, 2.75) is 53.9 Å². The van der Waals surface area contributed by atoms with Gasteiger partial charge in [-0.3, -0.25) is 20.0 Å². The summed E-state index contributed by atoms with van der Waals surface area (Å²) in [7, 11) is 1.52. The van der Waals surface area contributed by atoms with Crippen LogP contribution in [0.1, 0.15) is 63.0 Å². The Morgan fingerprint density at radius 2 is 1.75 bits per heavy atom. The fraction of sp³-hybridized carbons (Fsp3) is 0.407. The number of carbonyl (C=O) groups excluding carboxylic acids is 2. The molecule has 2 aromatic carbocycles. The van der Waals surface area contributed by atoms with Gasteiger partial charge in [0.2, 0.25) is 0 Å². The Balaban J connectivity index is 1.84. The van der Waals surface area contributed by atoms with Crippen LogP contribution in [0.25, 0.3) is 0 Å². The van der Waals surface area contributed by atoms with Gasteiger partial charge in [-0.2, -0.15) is 0 Å². The third kappa shape index (κ3) is 6.28. The summed E-state index contributed by atoms with van der Waals surface area (Å²) in [4.78, 5) is 25.8. The number of hydrogen-bond donors (Lipinski definition) is 5. The van der Waals surface area contributed by atoms with E-state index >= 15 is 0 Å². The third-order valence-electron chi connectivity index (χ3n) is 5.76. The Labute approximate surface area is 213 Å². The van der Waals surface area contributed by atoms with Crippen LogP contribution in [0.2, 0.25) is 0 Å². The van der Waals surface area contributed by atoms with Crippen LogP contribution in [0.5, 0.6) is 5.75 Å². The fourth-order valence-corrected chi connectivity index (χ4v) is 3.61. The molecule has 0 bridgehead atoms. The lowest BCUT2D eigenvalue weighted by Crippen LogP contribution is -2.40. The Morgan fingerprint density at radius 3 is 2.36 bits per heavy atom. The zero-order valence-corrected chi connectivity index (χ0v) is 22.4. The largest absolute Gasteiger partial charge is 0.492 e. The molecule has 9 heteroatoms. The first-order chi connectivity index (χ1) is 16.7. The van der Waals surface area contributed by atoms with Gasteiger partial charge < -0.3 is 21.1 Å². The summed E-state index contributed by atoms with van der Waals surface area (Å²) in [6.07, 6.45) is 1.67. The van der Waals surface area contributed by atoms with Gasteiger partial charge in [0.1, 0.15) is 5.70 Å². The molecule has 0 atom stereocenters. The highest BCUT2D eigenvalue weighted by Crippen LogP contribution is 2.37. The van der Waals surface area contributed by atoms with E-state index in [1.54, 1.807) is 23.3 Å². The molecule has 2 aromatic rings. The number of ether oxygens (including phenoxy) is 1. The van der Waals surface area contributed by atoms with Gasteiger partial charge in [0, 0.05) is 12.1 Å². The summed E-state index contributed by atoms with van der Waals surface area (Å²) in [5.74, 6) is -0.0999. The van der Waals surface area contributed by atoms with Crippen molar-refractivity contribution in [1.29, 1.82) is 0 Å². The fourth-order valence-electron chi connectivity index (χ4n) is 3.61. The molecule has 0 aromatic heterocycles. The lowest BCUT2D eigenvalue weighted by atomic mass is 9.86. The molecule has 1 aliphatic rings. The predicted molar refractivity (Wildman–Crippen MR) is 145 cm³/mol. The summed E-state index contributed by atoms with van der Waals surface area (Å²) < 4.78 is 5.47. The summed E-state index contributed by atoms with van der Waals surface area (Å²) in [6, 6.07) is 9.12.